The highest BCUT2D eigenvalue weighted by Gasteiger charge is 2.34. The van der Waals surface area contributed by atoms with E-state index in [0.717, 1.165) is 48.1 Å². The van der Waals surface area contributed by atoms with Crippen molar-refractivity contribution in [1.29, 1.82) is 5.26 Å². The van der Waals surface area contributed by atoms with Gasteiger partial charge >= 0.3 is 0 Å². The van der Waals surface area contributed by atoms with Gasteiger partial charge in [0.05, 0.1) is 16.8 Å². The summed E-state index contributed by atoms with van der Waals surface area (Å²) in [6.45, 7) is 3.72. The number of aromatic nitrogens is 1. The number of rotatable bonds is 1. The van der Waals surface area contributed by atoms with Gasteiger partial charge in [-0.25, -0.2) is 4.39 Å². The number of nitriles is 1. The van der Waals surface area contributed by atoms with Gasteiger partial charge in [-0.2, -0.15) is 5.26 Å². The van der Waals surface area contributed by atoms with E-state index < -0.39 is 0 Å². The second-order valence-electron chi connectivity index (χ2n) is 6.62. The molecule has 2 heterocycles. The molecule has 1 aliphatic heterocycles. The van der Waals surface area contributed by atoms with Crippen molar-refractivity contribution < 1.29 is 4.39 Å². The summed E-state index contributed by atoms with van der Waals surface area (Å²) < 4.78 is 14.0. The third-order valence-electron chi connectivity index (χ3n) is 5.16. The molecule has 2 atom stereocenters. The van der Waals surface area contributed by atoms with Gasteiger partial charge in [0.25, 0.3) is 0 Å². The molecule has 1 aromatic heterocycles. The maximum absolute atomic E-state index is 14.0. The monoisotopic (exact) mass is 307 g/mol. The minimum Gasteiger partial charge on any atom is -0.369 e. The van der Waals surface area contributed by atoms with E-state index in [-0.39, 0.29) is 5.82 Å². The number of benzene rings is 1. The predicted octanol–water partition coefficient (Wildman–Crippen LogP) is 3.96. The maximum atomic E-state index is 14.0. The first kappa shape index (κ1) is 14.2. The van der Waals surface area contributed by atoms with Gasteiger partial charge in [0, 0.05) is 24.7 Å². The number of allylic oxidation sites excluding steroid dienone is 2. The van der Waals surface area contributed by atoms with Crippen LogP contribution in [0.1, 0.15) is 24.0 Å². The van der Waals surface area contributed by atoms with Crippen LogP contribution in [0.5, 0.6) is 0 Å². The van der Waals surface area contributed by atoms with Crippen molar-refractivity contribution in [2.24, 2.45) is 11.8 Å². The minimum absolute atomic E-state index is 0.272. The van der Waals surface area contributed by atoms with Crippen molar-refractivity contribution in [2.75, 3.05) is 18.0 Å². The molecule has 0 N–H and O–H groups in total. The molecule has 23 heavy (non-hydrogen) atoms. The average molecular weight is 307 g/mol. The highest BCUT2D eigenvalue weighted by Crippen LogP contribution is 2.39. The molecule has 0 radical (unpaired) electrons. The molecule has 1 aromatic carbocycles. The highest BCUT2D eigenvalue weighted by molar-refractivity contribution is 5.96. The lowest BCUT2D eigenvalue weighted by Gasteiger charge is -2.22. The second kappa shape index (κ2) is 5.34. The molecular formula is C19H18FN3. The molecule has 4 rings (SSSR count). The van der Waals surface area contributed by atoms with Crippen molar-refractivity contribution in [3.8, 4) is 6.07 Å². The van der Waals surface area contributed by atoms with Crippen molar-refractivity contribution in [3.05, 3.63) is 47.4 Å². The highest BCUT2D eigenvalue weighted by atomic mass is 19.1. The Morgan fingerprint density at radius 3 is 2.57 bits per heavy atom. The quantitative estimate of drug-likeness (QED) is 0.749. The minimum atomic E-state index is -0.272. The lowest BCUT2D eigenvalue weighted by atomic mass is 9.86. The molecule has 2 unspecified atom stereocenters. The molecule has 0 saturated carbocycles. The van der Waals surface area contributed by atoms with E-state index in [1.54, 1.807) is 6.20 Å². The van der Waals surface area contributed by atoms with E-state index >= 15 is 0 Å². The van der Waals surface area contributed by atoms with Crippen LogP contribution in [0, 0.1) is 35.9 Å². The van der Waals surface area contributed by atoms with Gasteiger partial charge < -0.3 is 4.90 Å². The van der Waals surface area contributed by atoms with Gasteiger partial charge in [0.15, 0.2) is 0 Å². The summed E-state index contributed by atoms with van der Waals surface area (Å²) in [5.74, 6) is 0.986. The molecule has 0 amide bonds. The molecular weight excluding hydrogens is 289 g/mol. The van der Waals surface area contributed by atoms with Gasteiger partial charge in [0.1, 0.15) is 11.9 Å². The number of fused-ring (bicyclic) bond motifs is 2. The normalized spacial score (nSPS) is 23.1. The zero-order valence-corrected chi connectivity index (χ0v) is 13.1. The molecule has 0 spiro atoms. The van der Waals surface area contributed by atoms with E-state index in [1.807, 2.05) is 6.92 Å². The lowest BCUT2D eigenvalue weighted by molar-refractivity contribution is 0.411. The number of pyridine rings is 1. The number of nitrogens with zero attached hydrogens (tertiary/aromatic N) is 3. The van der Waals surface area contributed by atoms with Crippen LogP contribution in [0.2, 0.25) is 0 Å². The summed E-state index contributed by atoms with van der Waals surface area (Å²) >= 11 is 0. The topological polar surface area (TPSA) is 39.9 Å². The molecule has 1 saturated heterocycles. The Bertz CT molecular complexity index is 834. The summed E-state index contributed by atoms with van der Waals surface area (Å²) in [5.41, 5.74) is 2.99. The number of aryl methyl sites for hydroxylation is 1. The van der Waals surface area contributed by atoms with Crippen molar-refractivity contribution in [1.82, 2.24) is 4.98 Å². The zero-order chi connectivity index (χ0) is 16.0. The first-order valence-electron chi connectivity index (χ1n) is 8.06. The van der Waals surface area contributed by atoms with Crippen molar-refractivity contribution >= 4 is 16.6 Å². The van der Waals surface area contributed by atoms with E-state index in [9.17, 15) is 9.65 Å². The Labute approximate surface area is 135 Å². The van der Waals surface area contributed by atoms with Gasteiger partial charge in [-0.3, -0.25) is 4.98 Å². The van der Waals surface area contributed by atoms with Gasteiger partial charge in [0.2, 0.25) is 0 Å². The standard InChI is InChI=1S/C19H18FN3/c1-12-6-16(20)7-17-18(12)22-9-15(8-21)19(17)23-10-13-4-2-3-5-14(13)11-23/h2-3,6-7,9,13-14H,4-5,10-11H2,1H3. The molecule has 3 nitrogen and oxygen atoms in total. The fourth-order valence-corrected chi connectivity index (χ4v) is 4.04. The summed E-state index contributed by atoms with van der Waals surface area (Å²) in [4.78, 5) is 6.65. The van der Waals surface area contributed by atoms with Gasteiger partial charge in [-0.1, -0.05) is 12.2 Å². The third-order valence-corrected chi connectivity index (χ3v) is 5.16. The zero-order valence-electron chi connectivity index (χ0n) is 13.1. The predicted molar refractivity (Wildman–Crippen MR) is 88.7 cm³/mol. The smallest absolute Gasteiger partial charge is 0.124 e. The van der Waals surface area contributed by atoms with E-state index in [2.05, 4.69) is 28.1 Å². The molecule has 116 valence electrons. The van der Waals surface area contributed by atoms with Gasteiger partial charge in [-0.05, 0) is 49.3 Å². The van der Waals surface area contributed by atoms with Crippen LogP contribution in [-0.2, 0) is 0 Å². The largest absolute Gasteiger partial charge is 0.369 e. The second-order valence-corrected chi connectivity index (χ2v) is 6.62. The fourth-order valence-electron chi connectivity index (χ4n) is 4.04. The number of hydrogen-bond donors (Lipinski definition) is 0. The van der Waals surface area contributed by atoms with Crippen molar-refractivity contribution in [2.45, 2.75) is 19.8 Å². The van der Waals surface area contributed by atoms with Gasteiger partial charge in [-0.15, -0.1) is 0 Å². The fraction of sp³-hybridized carbons (Fsp3) is 0.368. The average Bonchev–Trinajstić information content (AvgIpc) is 2.97. The Morgan fingerprint density at radius 1 is 1.22 bits per heavy atom. The van der Waals surface area contributed by atoms with Crippen LogP contribution in [0.15, 0.2) is 30.5 Å². The summed E-state index contributed by atoms with van der Waals surface area (Å²) in [5, 5.41) is 10.3. The van der Waals surface area contributed by atoms with Crippen LogP contribution >= 0.6 is 0 Å². The Hall–Kier alpha value is -2.41. The summed E-state index contributed by atoms with van der Waals surface area (Å²) in [7, 11) is 0. The molecule has 2 aliphatic rings. The molecule has 1 fully saturated rings. The van der Waals surface area contributed by atoms with E-state index in [1.165, 1.54) is 12.1 Å². The number of hydrogen-bond acceptors (Lipinski definition) is 3. The first-order chi connectivity index (χ1) is 11.2. The molecule has 0 bridgehead atoms. The summed E-state index contributed by atoms with van der Waals surface area (Å²) in [6.07, 6.45) is 8.33. The number of halogens is 1. The third kappa shape index (κ3) is 2.28. The van der Waals surface area contributed by atoms with Crippen LogP contribution in [-0.4, -0.2) is 18.1 Å². The van der Waals surface area contributed by atoms with Crippen LogP contribution in [0.25, 0.3) is 10.9 Å². The van der Waals surface area contributed by atoms with Crippen LogP contribution in [0.4, 0.5) is 10.1 Å². The first-order valence-corrected chi connectivity index (χ1v) is 8.06. The molecule has 4 heteroatoms. The SMILES string of the molecule is Cc1cc(F)cc2c(N3CC4CC=CCC4C3)c(C#N)cnc12. The maximum Gasteiger partial charge on any atom is 0.124 e. The number of anilines is 1. The lowest BCUT2D eigenvalue weighted by Crippen LogP contribution is -2.21. The summed E-state index contributed by atoms with van der Waals surface area (Å²) in [6, 6.07) is 5.26. The molecule has 2 aromatic rings. The van der Waals surface area contributed by atoms with Crippen LogP contribution < -0.4 is 4.90 Å². The van der Waals surface area contributed by atoms with Crippen molar-refractivity contribution in [3.63, 3.8) is 0 Å². The Morgan fingerprint density at radius 2 is 1.91 bits per heavy atom. The Balaban J connectivity index is 1.87. The molecule has 1 aliphatic carbocycles. The van der Waals surface area contributed by atoms with Crippen LogP contribution in [0.3, 0.4) is 0 Å². The van der Waals surface area contributed by atoms with E-state index in [0.29, 0.717) is 17.4 Å². The van der Waals surface area contributed by atoms with E-state index in [4.69, 9.17) is 0 Å². The Kier molecular flexibility index (Phi) is 3.30.